The van der Waals surface area contributed by atoms with Gasteiger partial charge in [-0.2, -0.15) is 14.9 Å². The lowest BCUT2D eigenvalue weighted by Gasteiger charge is -2.18. The van der Waals surface area contributed by atoms with Crippen molar-refractivity contribution < 1.29 is 4.79 Å². The van der Waals surface area contributed by atoms with Crippen LogP contribution < -0.4 is 10.6 Å². The highest BCUT2D eigenvalue weighted by molar-refractivity contribution is 6.33. The van der Waals surface area contributed by atoms with Crippen molar-refractivity contribution in [2.45, 2.75) is 25.8 Å². The van der Waals surface area contributed by atoms with Crippen LogP contribution in [0.4, 0.5) is 5.82 Å². The molecular formula is C15H17ClN6O. The number of primary amides is 1. The van der Waals surface area contributed by atoms with E-state index >= 15 is 0 Å². The summed E-state index contributed by atoms with van der Waals surface area (Å²) in [4.78, 5) is 13.4. The van der Waals surface area contributed by atoms with Gasteiger partial charge < -0.3 is 10.6 Å². The van der Waals surface area contributed by atoms with Gasteiger partial charge in [0.1, 0.15) is 16.4 Å². The van der Waals surface area contributed by atoms with Crippen LogP contribution in [-0.2, 0) is 13.0 Å². The highest BCUT2D eigenvalue weighted by Gasteiger charge is 2.26. The van der Waals surface area contributed by atoms with Gasteiger partial charge in [0.05, 0.1) is 18.4 Å². The van der Waals surface area contributed by atoms with Gasteiger partial charge in [-0.15, -0.1) is 6.42 Å². The van der Waals surface area contributed by atoms with Crippen molar-refractivity contribution in [2.24, 2.45) is 5.73 Å². The van der Waals surface area contributed by atoms with E-state index in [2.05, 4.69) is 16.1 Å². The molecule has 3 heterocycles. The predicted molar refractivity (Wildman–Crippen MR) is 87.9 cm³/mol. The van der Waals surface area contributed by atoms with Crippen molar-refractivity contribution in [1.29, 1.82) is 0 Å². The second kappa shape index (κ2) is 5.97. The van der Waals surface area contributed by atoms with E-state index in [0.717, 1.165) is 31.5 Å². The maximum absolute atomic E-state index is 11.7. The SMILES string of the molecule is C#CCN(C)c1c(C(N)=O)cnn1-c1nn2c(c1Cl)CCCC2. The molecule has 0 fully saturated rings. The number of nitrogens with zero attached hydrogens (tertiary/aromatic N) is 5. The van der Waals surface area contributed by atoms with Crippen LogP contribution in [-0.4, -0.2) is 39.1 Å². The highest BCUT2D eigenvalue weighted by atomic mass is 35.5. The molecule has 23 heavy (non-hydrogen) atoms. The van der Waals surface area contributed by atoms with Crippen molar-refractivity contribution in [3.63, 3.8) is 0 Å². The third kappa shape index (κ3) is 2.55. The number of hydrogen-bond donors (Lipinski definition) is 1. The van der Waals surface area contributed by atoms with Gasteiger partial charge in [0.15, 0.2) is 5.82 Å². The second-order valence-corrected chi connectivity index (χ2v) is 5.86. The first-order valence-corrected chi connectivity index (χ1v) is 7.70. The fraction of sp³-hybridized carbons (Fsp3) is 0.400. The lowest BCUT2D eigenvalue weighted by molar-refractivity contribution is 0.100. The van der Waals surface area contributed by atoms with E-state index in [1.54, 1.807) is 11.9 Å². The topological polar surface area (TPSA) is 82.0 Å². The molecule has 7 nitrogen and oxygen atoms in total. The fourth-order valence-electron chi connectivity index (χ4n) is 2.82. The summed E-state index contributed by atoms with van der Waals surface area (Å²) in [6.45, 7) is 1.13. The number of fused-ring (bicyclic) bond motifs is 1. The van der Waals surface area contributed by atoms with Crippen molar-refractivity contribution in [1.82, 2.24) is 19.6 Å². The second-order valence-electron chi connectivity index (χ2n) is 5.48. The van der Waals surface area contributed by atoms with Crippen LogP contribution in [0.1, 0.15) is 28.9 Å². The van der Waals surface area contributed by atoms with Gasteiger partial charge in [0.2, 0.25) is 0 Å². The van der Waals surface area contributed by atoms with Crippen LogP contribution in [0.3, 0.4) is 0 Å². The van der Waals surface area contributed by atoms with E-state index in [0.29, 0.717) is 23.2 Å². The Labute approximate surface area is 139 Å². The third-order valence-corrected chi connectivity index (χ3v) is 4.30. The lowest BCUT2D eigenvalue weighted by Crippen LogP contribution is -2.24. The number of amides is 1. The van der Waals surface area contributed by atoms with Gasteiger partial charge in [-0.3, -0.25) is 9.48 Å². The van der Waals surface area contributed by atoms with Gasteiger partial charge in [0, 0.05) is 13.6 Å². The van der Waals surface area contributed by atoms with Gasteiger partial charge in [-0.05, 0) is 19.3 Å². The summed E-state index contributed by atoms with van der Waals surface area (Å²) < 4.78 is 3.43. The molecule has 0 aromatic carbocycles. The van der Waals surface area contributed by atoms with Crippen molar-refractivity contribution in [3.05, 3.63) is 22.5 Å². The molecule has 1 aliphatic rings. The molecule has 0 spiro atoms. The molecule has 1 amide bonds. The Morgan fingerprint density at radius 2 is 2.35 bits per heavy atom. The summed E-state index contributed by atoms with van der Waals surface area (Å²) in [5, 5.41) is 9.37. The number of nitrogens with two attached hydrogens (primary N) is 1. The largest absolute Gasteiger partial charge is 0.365 e. The van der Waals surface area contributed by atoms with Crippen LogP contribution in [0, 0.1) is 12.3 Å². The first-order chi connectivity index (χ1) is 11.0. The van der Waals surface area contributed by atoms with Gasteiger partial charge in [0.25, 0.3) is 5.91 Å². The van der Waals surface area contributed by atoms with E-state index in [1.165, 1.54) is 10.9 Å². The third-order valence-electron chi connectivity index (χ3n) is 3.91. The predicted octanol–water partition coefficient (Wildman–Crippen LogP) is 1.23. The Morgan fingerprint density at radius 3 is 3.00 bits per heavy atom. The zero-order chi connectivity index (χ0) is 16.6. The average Bonchev–Trinajstić information content (AvgIpc) is 3.10. The zero-order valence-electron chi connectivity index (χ0n) is 12.8. The number of hydrogen-bond acceptors (Lipinski definition) is 4. The van der Waals surface area contributed by atoms with Gasteiger partial charge in [-0.25, -0.2) is 0 Å². The monoisotopic (exact) mass is 332 g/mol. The van der Waals surface area contributed by atoms with E-state index < -0.39 is 5.91 Å². The van der Waals surface area contributed by atoms with Crippen molar-refractivity contribution in [3.8, 4) is 18.2 Å². The summed E-state index contributed by atoms with van der Waals surface area (Å²) >= 11 is 6.50. The maximum atomic E-state index is 11.7. The molecule has 0 aliphatic carbocycles. The minimum Gasteiger partial charge on any atom is -0.365 e. The molecule has 2 aromatic rings. The standard InChI is InChI=1S/C15H17ClN6O/c1-3-7-20(2)15-10(13(17)23)9-18-22(15)14-12(16)11-6-4-5-8-21(11)19-14/h1,9H,4-8H2,2H3,(H2,17,23). The average molecular weight is 333 g/mol. The lowest BCUT2D eigenvalue weighted by atomic mass is 10.1. The van der Waals surface area contributed by atoms with Crippen molar-refractivity contribution >= 4 is 23.3 Å². The summed E-state index contributed by atoms with van der Waals surface area (Å²) in [6.07, 6.45) is 9.83. The van der Waals surface area contributed by atoms with E-state index in [4.69, 9.17) is 23.8 Å². The highest BCUT2D eigenvalue weighted by Crippen LogP contribution is 2.31. The number of carbonyl (C=O) groups excluding carboxylic acids is 1. The molecular weight excluding hydrogens is 316 g/mol. The maximum Gasteiger partial charge on any atom is 0.254 e. The first kappa shape index (κ1) is 15.4. The quantitative estimate of drug-likeness (QED) is 0.854. The number of aryl methyl sites for hydroxylation is 1. The molecule has 2 N–H and O–H groups in total. The normalized spacial score (nSPS) is 13.4. The van der Waals surface area contributed by atoms with Crippen LogP contribution in [0.15, 0.2) is 6.20 Å². The molecule has 2 aromatic heterocycles. The molecule has 1 aliphatic heterocycles. The van der Waals surface area contributed by atoms with Gasteiger partial charge >= 0.3 is 0 Å². The number of anilines is 1. The number of carbonyl (C=O) groups is 1. The van der Waals surface area contributed by atoms with Gasteiger partial charge in [-0.1, -0.05) is 17.5 Å². The minimum atomic E-state index is -0.574. The number of rotatable bonds is 4. The van der Waals surface area contributed by atoms with Crippen molar-refractivity contribution in [2.75, 3.05) is 18.5 Å². The summed E-state index contributed by atoms with van der Waals surface area (Å²) in [6, 6.07) is 0. The summed E-state index contributed by atoms with van der Waals surface area (Å²) in [5.41, 5.74) is 6.72. The molecule has 0 atom stereocenters. The minimum absolute atomic E-state index is 0.282. The number of terminal acetylenes is 1. The molecule has 0 saturated carbocycles. The summed E-state index contributed by atoms with van der Waals surface area (Å²) in [5.74, 6) is 2.95. The Bertz CT molecular complexity index is 800. The zero-order valence-corrected chi connectivity index (χ0v) is 13.5. The Balaban J connectivity index is 2.15. The molecule has 0 saturated heterocycles. The molecule has 120 valence electrons. The molecule has 0 unspecified atom stereocenters. The Hall–Kier alpha value is -2.46. The molecule has 0 radical (unpaired) electrons. The fourth-order valence-corrected chi connectivity index (χ4v) is 3.13. The number of halogens is 1. The van der Waals surface area contributed by atoms with E-state index in [9.17, 15) is 4.79 Å². The van der Waals surface area contributed by atoms with Crippen LogP contribution >= 0.6 is 11.6 Å². The Morgan fingerprint density at radius 1 is 1.57 bits per heavy atom. The first-order valence-electron chi connectivity index (χ1n) is 7.32. The smallest absolute Gasteiger partial charge is 0.254 e. The van der Waals surface area contributed by atoms with Crippen LogP contribution in [0.2, 0.25) is 5.02 Å². The van der Waals surface area contributed by atoms with E-state index in [1.807, 2.05) is 4.68 Å². The summed E-state index contributed by atoms with van der Waals surface area (Å²) in [7, 11) is 1.77. The molecule has 0 bridgehead atoms. The molecule has 8 heteroatoms. The van der Waals surface area contributed by atoms with E-state index in [-0.39, 0.29) is 5.56 Å². The van der Waals surface area contributed by atoms with Crippen LogP contribution in [0.5, 0.6) is 0 Å². The van der Waals surface area contributed by atoms with Crippen LogP contribution in [0.25, 0.3) is 5.82 Å². The Kier molecular flexibility index (Phi) is 4.01. The number of aromatic nitrogens is 4. The molecule has 3 rings (SSSR count).